The van der Waals surface area contributed by atoms with Gasteiger partial charge in [0, 0.05) is 24.8 Å². The molecule has 0 amide bonds. The van der Waals surface area contributed by atoms with E-state index in [9.17, 15) is 39.0 Å². The van der Waals surface area contributed by atoms with Gasteiger partial charge in [0.05, 0.1) is 22.1 Å². The Morgan fingerprint density at radius 2 is 0.986 bits per heavy atom. The standard InChI is InChI=1S/C55H46O14/c1-5-50(57)67-30-40(64-4)29-65-38-21-17-36(18-22-38)55(48-13-9-7-11-42(48)43-12-8-10-14-49(43)55)37-19-23-39(24-20-37)66-31-41(32-68-51(58)6-2)69-54(63)47-28-35(16-26-45(47)53(61)62)34-15-25-44(52(59)60)46(27-34)33(3)56/h5-28,40-41H,1-2,29-32H2,3-4H3,(H,59,60)(H,61,62). The fourth-order valence-corrected chi connectivity index (χ4v) is 8.27. The zero-order valence-electron chi connectivity index (χ0n) is 37.5. The number of methoxy groups -OCH3 is 1. The molecule has 0 saturated heterocycles. The van der Waals surface area contributed by atoms with Crippen LogP contribution in [0.1, 0.15) is 70.6 Å². The number of carbonyl (C=O) groups is 6. The number of carboxylic acid groups (broad SMARTS) is 2. The van der Waals surface area contributed by atoms with Crippen LogP contribution in [0.5, 0.6) is 11.5 Å². The summed E-state index contributed by atoms with van der Waals surface area (Å²) in [5, 5.41) is 19.6. The highest BCUT2D eigenvalue weighted by Crippen LogP contribution is 2.56. The topological polar surface area (TPSA) is 198 Å². The first-order chi connectivity index (χ1) is 33.3. The molecule has 0 heterocycles. The number of hydrogen-bond acceptors (Lipinski definition) is 12. The first-order valence-electron chi connectivity index (χ1n) is 21.5. The van der Waals surface area contributed by atoms with E-state index in [-0.39, 0.29) is 36.5 Å². The molecule has 7 rings (SSSR count). The Kier molecular flexibility index (Phi) is 14.9. The molecule has 2 N–H and O–H groups in total. The Bertz CT molecular complexity index is 2910. The van der Waals surface area contributed by atoms with Crippen molar-refractivity contribution in [1.29, 1.82) is 0 Å². The van der Waals surface area contributed by atoms with E-state index in [2.05, 4.69) is 37.4 Å². The lowest BCUT2D eigenvalue weighted by Gasteiger charge is -2.34. The Hall–Kier alpha value is -8.62. The monoisotopic (exact) mass is 930 g/mol. The molecule has 350 valence electrons. The van der Waals surface area contributed by atoms with Crippen molar-refractivity contribution in [3.05, 3.63) is 203 Å². The smallest absolute Gasteiger partial charge is 0.339 e. The van der Waals surface area contributed by atoms with Crippen molar-refractivity contribution in [2.75, 3.05) is 33.5 Å². The second-order valence-electron chi connectivity index (χ2n) is 15.8. The van der Waals surface area contributed by atoms with Crippen molar-refractivity contribution in [2.45, 2.75) is 24.5 Å². The van der Waals surface area contributed by atoms with Crippen molar-refractivity contribution < 1.29 is 67.4 Å². The van der Waals surface area contributed by atoms with E-state index in [1.54, 1.807) is 12.1 Å². The Labute approximate surface area is 397 Å². The van der Waals surface area contributed by atoms with Crippen LogP contribution >= 0.6 is 0 Å². The molecule has 0 bridgehead atoms. The highest BCUT2D eigenvalue weighted by Gasteiger charge is 2.46. The zero-order valence-corrected chi connectivity index (χ0v) is 37.5. The van der Waals surface area contributed by atoms with Crippen LogP contribution < -0.4 is 9.47 Å². The summed E-state index contributed by atoms with van der Waals surface area (Å²) in [5.74, 6) is -4.73. The summed E-state index contributed by atoms with van der Waals surface area (Å²) in [6.07, 6.45) is 0.266. The van der Waals surface area contributed by atoms with E-state index in [4.69, 9.17) is 28.4 Å². The van der Waals surface area contributed by atoms with E-state index >= 15 is 0 Å². The van der Waals surface area contributed by atoms with Crippen molar-refractivity contribution in [3.63, 3.8) is 0 Å². The summed E-state index contributed by atoms with van der Waals surface area (Å²) < 4.78 is 33.8. The first kappa shape index (κ1) is 48.3. The summed E-state index contributed by atoms with van der Waals surface area (Å²) >= 11 is 0. The number of Topliss-reactive ketones (excluding diaryl/α,β-unsaturated/α-hetero) is 1. The molecule has 14 nitrogen and oxygen atoms in total. The van der Waals surface area contributed by atoms with Crippen LogP contribution in [0.25, 0.3) is 22.3 Å². The molecule has 1 aliphatic carbocycles. The number of esters is 3. The van der Waals surface area contributed by atoms with Gasteiger partial charge in [0.25, 0.3) is 0 Å². The molecule has 0 aromatic heterocycles. The average Bonchev–Trinajstić information content (AvgIpc) is 3.67. The number of ketones is 1. The van der Waals surface area contributed by atoms with Gasteiger partial charge in [-0.3, -0.25) is 4.79 Å². The van der Waals surface area contributed by atoms with Crippen LogP contribution in [0.15, 0.2) is 159 Å². The van der Waals surface area contributed by atoms with Crippen LogP contribution in [0.3, 0.4) is 0 Å². The highest BCUT2D eigenvalue weighted by molar-refractivity contribution is 6.06. The van der Waals surface area contributed by atoms with Gasteiger partial charge in [-0.2, -0.15) is 0 Å². The van der Waals surface area contributed by atoms with Gasteiger partial charge in [-0.1, -0.05) is 98.1 Å². The van der Waals surface area contributed by atoms with E-state index in [1.165, 1.54) is 50.4 Å². The molecule has 0 saturated carbocycles. The normalized spacial score (nSPS) is 12.8. The molecule has 0 fully saturated rings. The average molecular weight is 931 g/mol. The van der Waals surface area contributed by atoms with Gasteiger partial charge in [0.1, 0.15) is 44.0 Å². The summed E-state index contributed by atoms with van der Waals surface area (Å²) in [7, 11) is 1.51. The second kappa shape index (κ2) is 21.3. The molecule has 1 aliphatic rings. The van der Waals surface area contributed by atoms with Crippen molar-refractivity contribution in [2.24, 2.45) is 0 Å². The van der Waals surface area contributed by atoms with E-state index in [1.807, 2.05) is 60.7 Å². The summed E-state index contributed by atoms with van der Waals surface area (Å²) in [4.78, 5) is 74.1. The number of rotatable bonds is 21. The minimum atomic E-state index is -1.43. The van der Waals surface area contributed by atoms with Crippen LogP contribution in [0.2, 0.25) is 0 Å². The van der Waals surface area contributed by atoms with Crippen LogP contribution in [-0.2, 0) is 34.0 Å². The van der Waals surface area contributed by atoms with Crippen LogP contribution in [0, 0.1) is 0 Å². The maximum Gasteiger partial charge on any atom is 0.339 e. The zero-order chi connectivity index (χ0) is 49.2. The molecule has 6 aromatic carbocycles. The van der Waals surface area contributed by atoms with Gasteiger partial charge >= 0.3 is 29.8 Å². The molecule has 2 unspecified atom stereocenters. The maximum atomic E-state index is 13.9. The van der Waals surface area contributed by atoms with Gasteiger partial charge in [0.15, 0.2) is 11.9 Å². The lowest BCUT2D eigenvalue weighted by atomic mass is 9.68. The predicted octanol–water partition coefficient (Wildman–Crippen LogP) is 8.77. The molecule has 14 heteroatoms. The third-order valence-electron chi connectivity index (χ3n) is 11.6. The number of benzene rings is 6. The third kappa shape index (κ3) is 10.4. The van der Waals surface area contributed by atoms with Gasteiger partial charge < -0.3 is 38.6 Å². The van der Waals surface area contributed by atoms with Gasteiger partial charge in [-0.15, -0.1) is 0 Å². The molecule has 69 heavy (non-hydrogen) atoms. The first-order valence-corrected chi connectivity index (χ1v) is 21.5. The SMILES string of the molecule is C=CC(=O)OCC(COc1ccc(C2(c3ccc(OCC(COC(=O)C=C)OC(=O)c4cc(-c5ccc(C(=O)O)c(C(C)=O)c5)ccc4C(=O)O)cc3)c3ccccc3-c3ccccc32)cc1)OC. The minimum absolute atomic E-state index is 0.00645. The highest BCUT2D eigenvalue weighted by atomic mass is 16.6. The molecule has 0 spiro atoms. The molecular formula is C55H46O14. The fraction of sp³-hybridized carbons (Fsp3) is 0.164. The van der Waals surface area contributed by atoms with Gasteiger partial charge in [-0.05, 0) is 100.0 Å². The maximum absolute atomic E-state index is 13.9. The summed E-state index contributed by atoms with van der Waals surface area (Å²) in [6.45, 7) is 7.37. The third-order valence-corrected chi connectivity index (χ3v) is 11.6. The Morgan fingerprint density at radius 1 is 0.551 bits per heavy atom. The van der Waals surface area contributed by atoms with Crippen molar-refractivity contribution in [1.82, 2.24) is 0 Å². The Morgan fingerprint density at radius 3 is 1.43 bits per heavy atom. The second-order valence-corrected chi connectivity index (χ2v) is 15.8. The quantitative estimate of drug-likeness (QED) is 0.0300. The summed E-state index contributed by atoms with van der Waals surface area (Å²) in [6, 6.07) is 39.5. The van der Waals surface area contributed by atoms with Crippen LogP contribution in [-0.4, -0.2) is 91.6 Å². The Balaban J connectivity index is 1.16. The van der Waals surface area contributed by atoms with E-state index in [0.717, 1.165) is 45.5 Å². The lowest BCUT2D eigenvalue weighted by Crippen LogP contribution is -2.31. The van der Waals surface area contributed by atoms with Crippen LogP contribution in [0.4, 0.5) is 0 Å². The number of carboxylic acids is 2. The number of hydrogen-bond donors (Lipinski definition) is 2. The largest absolute Gasteiger partial charge is 0.491 e. The van der Waals surface area contributed by atoms with E-state index in [0.29, 0.717) is 22.6 Å². The number of aromatic carboxylic acids is 2. The fourth-order valence-electron chi connectivity index (χ4n) is 8.27. The van der Waals surface area contributed by atoms with E-state index < -0.39 is 65.4 Å². The number of fused-ring (bicyclic) bond motifs is 3. The molecule has 6 aromatic rings. The van der Waals surface area contributed by atoms with Gasteiger partial charge in [-0.25, -0.2) is 24.0 Å². The lowest BCUT2D eigenvalue weighted by molar-refractivity contribution is -0.142. The molecule has 2 atom stereocenters. The summed E-state index contributed by atoms with van der Waals surface area (Å²) in [5.41, 5.74) is 4.89. The molecule has 0 aliphatic heterocycles. The predicted molar refractivity (Wildman–Crippen MR) is 253 cm³/mol. The molecular weight excluding hydrogens is 885 g/mol. The van der Waals surface area contributed by atoms with Crippen molar-refractivity contribution in [3.8, 4) is 33.8 Å². The van der Waals surface area contributed by atoms with Gasteiger partial charge in [0.2, 0.25) is 0 Å². The van der Waals surface area contributed by atoms with Crippen molar-refractivity contribution >= 4 is 35.6 Å². The molecule has 0 radical (unpaired) electrons. The number of carbonyl (C=O) groups excluding carboxylic acids is 4. The number of ether oxygens (including phenoxy) is 6. The minimum Gasteiger partial charge on any atom is -0.491 e.